The second-order valence-corrected chi connectivity index (χ2v) is 29.8. The van der Waals surface area contributed by atoms with Crippen molar-refractivity contribution in [3.05, 3.63) is 130 Å². The second-order valence-electron chi connectivity index (χ2n) is 25.5. The Balaban J connectivity index is 0.848. The van der Waals surface area contributed by atoms with Crippen molar-refractivity contribution >= 4 is 194 Å². The summed E-state index contributed by atoms with van der Waals surface area (Å²) in [6.07, 6.45) is 0. The zero-order valence-corrected chi connectivity index (χ0v) is 64.2. The highest BCUT2D eigenvalue weighted by Gasteiger charge is 2.32. The Morgan fingerprint density at radius 2 is 0.729 bits per heavy atom. The fraction of sp³-hybridized carbons (Fsp3) is 0.134. The van der Waals surface area contributed by atoms with Crippen LogP contribution in [0.3, 0.4) is 0 Å². The SMILES string of the molecule is CC(C)(C)c1nn(-c2nc(Nc3cc(OC=O)cc(OC=O)c3)nc(Nc3cc(OC=O)cc(C(=O)O)c3)n2)c(N)c1N=Nc1nnc(Sc2nc(Nc3cc(CO)cc(OC=O)c3)nc(Sc3nnc(N=Nc4c(C(C)(C)C)nn(-c5nc(Nc6cc(OC=O)cc(C(=O)O)c6)nc(Nc6cc(C(=O)O)cc(C(=O)O)c6)n5)c4N)s3)n2)s1. The molecule has 0 spiro atoms. The van der Waals surface area contributed by atoms with Crippen molar-refractivity contribution in [2.24, 2.45) is 20.5 Å². The number of anilines is 12. The molecule has 14 N–H and O–H groups in total. The van der Waals surface area contributed by atoms with Gasteiger partial charge in [-0.2, -0.15) is 64.4 Å². The van der Waals surface area contributed by atoms with Crippen molar-refractivity contribution in [2.45, 2.75) is 78.0 Å². The normalized spacial score (nSPS) is 11.4. The number of hydrogen-bond acceptors (Lipinski definition) is 45. The first-order chi connectivity index (χ1) is 56.4. The predicted octanol–water partition coefficient (Wildman–Crippen LogP) is 9.89. The van der Waals surface area contributed by atoms with Crippen LogP contribution in [0, 0.1) is 0 Å². The number of carboxylic acids is 4. The summed E-state index contributed by atoms with van der Waals surface area (Å²) in [5.74, 6) is -8.35. The van der Waals surface area contributed by atoms with Crippen molar-refractivity contribution in [2.75, 3.05) is 38.1 Å². The summed E-state index contributed by atoms with van der Waals surface area (Å²) in [7, 11) is 0. The highest BCUT2D eigenvalue weighted by molar-refractivity contribution is 8.01. The van der Waals surface area contributed by atoms with Gasteiger partial charge in [-0.15, -0.1) is 40.9 Å². The van der Waals surface area contributed by atoms with Crippen LogP contribution >= 0.6 is 46.2 Å². The van der Waals surface area contributed by atoms with Gasteiger partial charge in [-0.3, -0.25) is 24.0 Å². The lowest BCUT2D eigenvalue weighted by molar-refractivity contribution is -0.121. The number of rotatable bonds is 35. The summed E-state index contributed by atoms with van der Waals surface area (Å²) in [5, 5.41) is 108. The van der Waals surface area contributed by atoms with Crippen molar-refractivity contribution < 1.29 is 92.4 Å². The van der Waals surface area contributed by atoms with Gasteiger partial charge in [0, 0.05) is 75.7 Å². The molecule has 0 fully saturated rings. The summed E-state index contributed by atoms with van der Waals surface area (Å²) >= 11 is 3.69. The predicted molar refractivity (Wildman–Crippen MR) is 412 cm³/mol. The third-order valence-corrected chi connectivity index (χ3v) is 18.5. The van der Waals surface area contributed by atoms with E-state index in [4.69, 9.17) is 45.3 Å². The fourth-order valence-corrected chi connectivity index (χ4v) is 13.3. The van der Waals surface area contributed by atoms with Crippen molar-refractivity contribution in [1.82, 2.24) is 84.8 Å². The first-order valence-electron chi connectivity index (χ1n) is 33.0. The molecule has 118 heavy (non-hydrogen) atoms. The van der Waals surface area contributed by atoms with E-state index in [0.717, 1.165) is 85.9 Å². The van der Waals surface area contributed by atoms with Crippen LogP contribution in [-0.4, -0.2) is 167 Å². The van der Waals surface area contributed by atoms with Crippen LogP contribution in [0.4, 0.5) is 91.5 Å². The Morgan fingerprint density at radius 1 is 0.415 bits per heavy atom. The topological polar surface area (TPSA) is 666 Å². The summed E-state index contributed by atoms with van der Waals surface area (Å²) in [5.41, 5.74) is 11.7. The van der Waals surface area contributed by atoms with Crippen molar-refractivity contribution in [3.63, 3.8) is 0 Å². The summed E-state index contributed by atoms with van der Waals surface area (Å²) in [4.78, 5) is 146. The monoisotopic (exact) mass is 1680 g/mol. The molecule has 0 bridgehead atoms. The minimum Gasteiger partial charge on any atom is -0.478 e. The van der Waals surface area contributed by atoms with E-state index in [0.29, 0.717) is 5.56 Å². The number of aromatic nitrogens is 17. The van der Waals surface area contributed by atoms with Gasteiger partial charge in [0.05, 0.1) is 40.2 Å². The number of aromatic carboxylic acids is 4. The van der Waals surface area contributed by atoms with E-state index in [9.17, 15) is 68.7 Å². The Morgan fingerprint density at radius 3 is 1.07 bits per heavy atom. The molecule has 0 unspecified atom stereocenters. The van der Waals surface area contributed by atoms with E-state index in [1.165, 1.54) is 54.6 Å². The van der Waals surface area contributed by atoms with Crippen LogP contribution in [-0.2, 0) is 41.4 Å². The number of carbonyl (C=O) groups excluding carboxylic acids is 5. The fourth-order valence-electron chi connectivity index (χ4n) is 10.2. The maximum absolute atomic E-state index is 12.1. The molecular formula is C67H54N28O19S4. The Labute approximate surface area is 674 Å². The van der Waals surface area contributed by atoms with Gasteiger partial charge in [-0.25, -0.2) is 19.2 Å². The molecule has 0 amide bonds. The quantitative estimate of drug-likeness (QED) is 0.0130. The Kier molecular flexibility index (Phi) is 24.4. The zero-order chi connectivity index (χ0) is 84.3. The van der Waals surface area contributed by atoms with Gasteiger partial charge < -0.3 is 87.3 Å². The van der Waals surface area contributed by atoms with Gasteiger partial charge in [0.15, 0.2) is 31.7 Å². The van der Waals surface area contributed by atoms with Crippen LogP contribution < -0.4 is 61.7 Å². The molecule has 12 aromatic rings. The standard InChI is InChI=1S/C67H54N28O19S4/c1-66(2,3)45-43(47(68)94(92-45)58-77-53(71-34-10-29(49(102)103)9-30(11-34)50(104)105)75-54(78-58)72-35-12-31(51(106)107)14-39(17-35)111-24-98)84-86-62-88-90-64(117-62)115-60-81-57(70-33-7-28(22-96)8-38(16-33)110-23-97)82-61(83-60)116-65-91-89-63(118-65)87-85-44-46(67(4,5)6)93-95(48(44)69)59-79-55(73-36-13-32(52(108)109)15-40(18-36)112-25-99)76-56(80-59)74-37-19-41(113-26-100)21-42(20-37)114-27-101/h7-21,23-27,96H,22,68-69H2,1-6H3,(H,102,103)(H,104,105)(H,106,107)(H,108,109)(H,70,81,82,83)(H2,71,72,75,77,78)(H2,73,74,76,79,80). The molecule has 7 aromatic heterocycles. The van der Waals surface area contributed by atoms with E-state index < -0.39 is 52.4 Å². The van der Waals surface area contributed by atoms with Gasteiger partial charge in [-0.05, 0) is 83.7 Å². The lowest BCUT2D eigenvalue weighted by Gasteiger charge is -2.15. The number of carboxylic acid groups (broad SMARTS) is 4. The molecule has 0 saturated carbocycles. The van der Waals surface area contributed by atoms with Gasteiger partial charge in [0.2, 0.25) is 40.1 Å². The molecule has 7 heterocycles. The smallest absolute Gasteiger partial charge is 0.335 e. The average Bonchev–Trinajstić information content (AvgIpc) is 1.64. The Bertz CT molecular complexity index is 5990. The number of aliphatic hydroxyl groups excluding tert-OH is 1. The largest absolute Gasteiger partial charge is 0.478 e. The van der Waals surface area contributed by atoms with Crippen molar-refractivity contribution in [3.8, 4) is 40.6 Å². The number of aliphatic hydroxyl groups is 1. The van der Waals surface area contributed by atoms with Crippen LogP contribution in [0.2, 0.25) is 0 Å². The van der Waals surface area contributed by atoms with E-state index in [2.05, 4.69) is 112 Å². The van der Waals surface area contributed by atoms with Gasteiger partial charge in [-0.1, -0.05) is 64.2 Å². The number of ether oxygens (including phenoxy) is 5. The van der Waals surface area contributed by atoms with E-state index >= 15 is 0 Å². The third-order valence-electron chi connectivity index (χ3n) is 15.0. The van der Waals surface area contributed by atoms with Crippen LogP contribution in [0.5, 0.6) is 28.7 Å². The van der Waals surface area contributed by atoms with Gasteiger partial charge in [0.25, 0.3) is 54.5 Å². The molecule has 0 atom stereocenters. The number of nitrogens with zero attached hydrogens (tertiary/aromatic N) is 21. The molecule has 0 aliphatic heterocycles. The molecule has 600 valence electrons. The number of hydrogen-bond donors (Lipinski definition) is 12. The minimum absolute atomic E-state index is 0.0121. The summed E-state index contributed by atoms with van der Waals surface area (Å²) < 4.78 is 27.6. The number of benzene rings is 5. The number of azo groups is 2. The third kappa shape index (κ3) is 20.2. The molecule has 0 radical (unpaired) electrons. The average molecular weight is 1680 g/mol. The molecule has 0 aliphatic carbocycles. The molecule has 51 heteroatoms. The van der Waals surface area contributed by atoms with Crippen LogP contribution in [0.15, 0.2) is 130 Å². The number of nitrogens with two attached hydrogens (primary N) is 2. The lowest BCUT2D eigenvalue weighted by atomic mass is 9.91. The minimum atomic E-state index is -1.46. The maximum Gasteiger partial charge on any atom is 0.335 e. The highest BCUT2D eigenvalue weighted by Crippen LogP contribution is 2.43. The van der Waals surface area contributed by atoms with Crippen LogP contribution in [0.25, 0.3) is 11.9 Å². The molecule has 5 aromatic carbocycles. The molecule has 0 aliphatic rings. The summed E-state index contributed by atoms with van der Waals surface area (Å²) in [6.45, 7) is 11.0. The van der Waals surface area contributed by atoms with Crippen LogP contribution in [0.1, 0.15) is 99.9 Å². The summed E-state index contributed by atoms with van der Waals surface area (Å²) in [6, 6.07) is 18.6. The maximum atomic E-state index is 12.1. The lowest BCUT2D eigenvalue weighted by Crippen LogP contribution is -2.15. The van der Waals surface area contributed by atoms with Gasteiger partial charge in [0.1, 0.15) is 28.7 Å². The molecule has 12 rings (SSSR count). The van der Waals surface area contributed by atoms with E-state index in [1.54, 1.807) is 26.8 Å². The number of carbonyl (C=O) groups is 9. The second kappa shape index (κ2) is 35.2. The van der Waals surface area contributed by atoms with E-state index in [1.807, 2.05) is 20.8 Å². The molecule has 0 saturated heterocycles. The zero-order valence-electron chi connectivity index (χ0n) is 60.9. The highest BCUT2D eigenvalue weighted by atomic mass is 32.2. The number of nitrogens with one attached hydrogen (secondary N) is 5. The first-order valence-corrected chi connectivity index (χ1v) is 36.3. The molecule has 47 nitrogen and oxygen atoms in total. The van der Waals surface area contributed by atoms with Crippen molar-refractivity contribution in [1.29, 1.82) is 0 Å². The van der Waals surface area contributed by atoms with E-state index in [-0.39, 0.29) is 206 Å². The number of nitrogen functional groups attached to an aromatic ring is 2. The molecular weight excluding hydrogens is 1630 g/mol. The van der Waals surface area contributed by atoms with Gasteiger partial charge >= 0.3 is 23.9 Å². The first kappa shape index (κ1) is 81.8. The Hall–Kier alpha value is -15.6.